The van der Waals surface area contributed by atoms with E-state index in [1.807, 2.05) is 24.3 Å². The number of pyridine rings is 1. The molecule has 8 nitrogen and oxygen atoms in total. The van der Waals surface area contributed by atoms with Crippen LogP contribution in [0.15, 0.2) is 48.7 Å². The van der Waals surface area contributed by atoms with Gasteiger partial charge in [0.1, 0.15) is 5.82 Å². The molecule has 3 aromatic rings. The predicted molar refractivity (Wildman–Crippen MR) is 149 cm³/mol. The number of aromatic amines is 1. The number of nitrogens with two attached hydrogens (primary N) is 1. The van der Waals surface area contributed by atoms with Gasteiger partial charge >= 0.3 is 0 Å². The smallest absolute Gasteiger partial charge is 0.252 e. The first kappa shape index (κ1) is 26.1. The zero-order valence-electron chi connectivity index (χ0n) is 20.3. The fraction of sp³-hybridized carbons (Fsp3) is 0.333. The van der Waals surface area contributed by atoms with E-state index in [0.29, 0.717) is 5.56 Å². The molecule has 0 unspecified atom stereocenters. The predicted octanol–water partition coefficient (Wildman–Crippen LogP) is 3.17. The zero-order chi connectivity index (χ0) is 24.0. The standard InChI is InChI=1S/C27H32N6O2.BrH/c28-26(34)24-18-25(31-27(24)33-11-9-29-10-12-33)22-7-8-30-23(17-22)6-5-20-1-3-21(4-2-20)19-32-13-15-35-16-14-32;/h1-8,17-18,29,31H,9-16,19H2,(H2,28,34);1H. The molecule has 2 aliphatic heterocycles. The molecule has 2 fully saturated rings. The monoisotopic (exact) mass is 552 g/mol. The van der Waals surface area contributed by atoms with Crippen molar-refractivity contribution in [2.75, 3.05) is 57.4 Å². The van der Waals surface area contributed by atoms with Crippen molar-refractivity contribution in [2.24, 2.45) is 5.73 Å². The third kappa shape index (κ3) is 6.41. The molecule has 2 aliphatic rings. The van der Waals surface area contributed by atoms with Gasteiger partial charge in [-0.3, -0.25) is 14.7 Å². The van der Waals surface area contributed by atoms with Gasteiger partial charge in [-0.25, -0.2) is 0 Å². The van der Waals surface area contributed by atoms with E-state index < -0.39 is 5.91 Å². The van der Waals surface area contributed by atoms with Crippen LogP contribution < -0.4 is 16.0 Å². The highest BCUT2D eigenvalue weighted by Gasteiger charge is 2.21. The maximum Gasteiger partial charge on any atom is 0.252 e. The van der Waals surface area contributed by atoms with E-state index in [4.69, 9.17) is 10.5 Å². The molecule has 2 aromatic heterocycles. The topological polar surface area (TPSA) is 99.5 Å². The molecule has 0 spiro atoms. The summed E-state index contributed by atoms with van der Waals surface area (Å²) in [7, 11) is 0. The first-order chi connectivity index (χ1) is 17.2. The van der Waals surface area contributed by atoms with Crippen molar-refractivity contribution >= 4 is 40.9 Å². The van der Waals surface area contributed by atoms with Crippen LogP contribution in [0.1, 0.15) is 27.2 Å². The second kappa shape index (κ2) is 12.3. The van der Waals surface area contributed by atoms with Crippen molar-refractivity contribution in [1.82, 2.24) is 20.2 Å². The number of primary amides is 1. The Morgan fingerprint density at radius 2 is 1.78 bits per heavy atom. The van der Waals surface area contributed by atoms with Crippen LogP contribution >= 0.6 is 17.0 Å². The van der Waals surface area contributed by atoms with Crippen LogP contribution in [0.25, 0.3) is 23.4 Å². The maximum atomic E-state index is 12.1. The molecule has 2 saturated heterocycles. The normalized spacial score (nSPS) is 16.7. The number of aromatic nitrogens is 2. The van der Waals surface area contributed by atoms with E-state index in [2.05, 4.69) is 55.4 Å². The number of piperazine rings is 1. The molecule has 5 rings (SSSR count). The van der Waals surface area contributed by atoms with Crippen molar-refractivity contribution in [3.8, 4) is 11.3 Å². The molecule has 190 valence electrons. The van der Waals surface area contributed by atoms with Gasteiger partial charge in [0, 0.05) is 63.3 Å². The van der Waals surface area contributed by atoms with E-state index in [0.717, 1.165) is 87.4 Å². The van der Waals surface area contributed by atoms with Crippen LogP contribution in [-0.2, 0) is 11.3 Å². The fourth-order valence-electron chi connectivity index (χ4n) is 4.57. The summed E-state index contributed by atoms with van der Waals surface area (Å²) in [6.45, 7) is 7.98. The molecule has 0 bridgehead atoms. The van der Waals surface area contributed by atoms with Gasteiger partial charge < -0.3 is 25.7 Å². The summed E-state index contributed by atoms with van der Waals surface area (Å²) in [5.41, 5.74) is 11.3. The molecule has 9 heteroatoms. The number of anilines is 1. The zero-order valence-corrected chi connectivity index (χ0v) is 22.0. The highest BCUT2D eigenvalue weighted by molar-refractivity contribution is 8.93. The Balaban J connectivity index is 0.00000304. The number of nitrogens with one attached hydrogen (secondary N) is 2. The summed E-state index contributed by atoms with van der Waals surface area (Å²) < 4.78 is 5.43. The van der Waals surface area contributed by atoms with Crippen molar-refractivity contribution in [1.29, 1.82) is 0 Å². The van der Waals surface area contributed by atoms with E-state index in [1.165, 1.54) is 5.56 Å². The van der Waals surface area contributed by atoms with Gasteiger partial charge in [0.25, 0.3) is 5.91 Å². The van der Waals surface area contributed by atoms with E-state index >= 15 is 0 Å². The third-order valence-electron chi connectivity index (χ3n) is 6.52. The second-order valence-corrected chi connectivity index (χ2v) is 8.98. The van der Waals surface area contributed by atoms with Crippen LogP contribution in [0.2, 0.25) is 0 Å². The maximum absolute atomic E-state index is 12.1. The number of carbonyl (C=O) groups excluding carboxylic acids is 1. The summed E-state index contributed by atoms with van der Waals surface area (Å²) in [4.78, 5) is 24.6. The van der Waals surface area contributed by atoms with Crippen LogP contribution in [0, 0.1) is 0 Å². The molecule has 0 aliphatic carbocycles. The number of hydrogen-bond acceptors (Lipinski definition) is 6. The van der Waals surface area contributed by atoms with Crippen LogP contribution in [-0.4, -0.2) is 73.3 Å². The van der Waals surface area contributed by atoms with Gasteiger partial charge in [0.2, 0.25) is 0 Å². The molecular formula is C27H33BrN6O2. The summed E-state index contributed by atoms with van der Waals surface area (Å²) in [5, 5.41) is 3.33. The minimum Gasteiger partial charge on any atom is -0.379 e. The van der Waals surface area contributed by atoms with E-state index in [-0.39, 0.29) is 17.0 Å². The van der Waals surface area contributed by atoms with Crippen molar-refractivity contribution < 1.29 is 9.53 Å². The number of benzene rings is 1. The van der Waals surface area contributed by atoms with Gasteiger partial charge in [-0.15, -0.1) is 17.0 Å². The van der Waals surface area contributed by atoms with Crippen LogP contribution in [0.4, 0.5) is 5.82 Å². The Kier molecular flexibility index (Phi) is 8.93. The van der Waals surface area contributed by atoms with Gasteiger partial charge in [-0.1, -0.05) is 30.3 Å². The highest BCUT2D eigenvalue weighted by Crippen LogP contribution is 2.28. The second-order valence-electron chi connectivity index (χ2n) is 8.98. The van der Waals surface area contributed by atoms with Gasteiger partial charge in [-0.05, 0) is 35.4 Å². The van der Waals surface area contributed by atoms with E-state index in [9.17, 15) is 4.79 Å². The Hall–Kier alpha value is -2.98. The first-order valence-corrected chi connectivity index (χ1v) is 12.2. The number of ether oxygens (including phenoxy) is 1. The number of rotatable bonds is 7. The van der Waals surface area contributed by atoms with Crippen molar-refractivity contribution in [3.05, 3.63) is 71.0 Å². The quantitative estimate of drug-likeness (QED) is 0.416. The Bertz CT molecular complexity index is 1180. The number of hydrogen-bond donors (Lipinski definition) is 3. The molecule has 4 N–H and O–H groups in total. The number of amides is 1. The van der Waals surface area contributed by atoms with Gasteiger partial charge in [-0.2, -0.15) is 0 Å². The molecule has 1 aromatic carbocycles. The number of halogens is 1. The number of morpholine rings is 1. The Morgan fingerprint density at radius 1 is 1.03 bits per heavy atom. The fourth-order valence-corrected chi connectivity index (χ4v) is 4.57. The SMILES string of the molecule is Br.NC(=O)c1cc(-c2ccnc(C=Cc3ccc(CN4CCOCC4)cc3)c2)[nH]c1N1CCNCC1. The lowest BCUT2D eigenvalue weighted by Crippen LogP contribution is -2.44. The number of nitrogens with zero attached hydrogens (tertiary/aromatic N) is 3. The van der Waals surface area contributed by atoms with Crippen molar-refractivity contribution in [2.45, 2.75) is 6.54 Å². The summed E-state index contributed by atoms with van der Waals surface area (Å²) in [5.74, 6) is 0.368. The molecule has 0 saturated carbocycles. The summed E-state index contributed by atoms with van der Waals surface area (Å²) in [6, 6.07) is 14.4. The summed E-state index contributed by atoms with van der Waals surface area (Å²) in [6.07, 6.45) is 5.87. The Morgan fingerprint density at radius 3 is 2.50 bits per heavy atom. The van der Waals surface area contributed by atoms with Crippen LogP contribution in [0.5, 0.6) is 0 Å². The molecule has 0 atom stereocenters. The van der Waals surface area contributed by atoms with Gasteiger partial charge in [0.05, 0.1) is 24.5 Å². The number of H-pyrrole nitrogens is 1. The largest absolute Gasteiger partial charge is 0.379 e. The number of carbonyl (C=O) groups is 1. The molecule has 36 heavy (non-hydrogen) atoms. The summed E-state index contributed by atoms with van der Waals surface area (Å²) >= 11 is 0. The van der Waals surface area contributed by atoms with E-state index in [1.54, 1.807) is 6.20 Å². The molecular weight excluding hydrogens is 520 g/mol. The average Bonchev–Trinajstić information content (AvgIpc) is 3.36. The third-order valence-corrected chi connectivity index (χ3v) is 6.52. The molecule has 0 radical (unpaired) electrons. The van der Waals surface area contributed by atoms with Crippen LogP contribution in [0.3, 0.4) is 0 Å². The Labute approximate surface area is 222 Å². The lowest BCUT2D eigenvalue weighted by atomic mass is 10.1. The average molecular weight is 554 g/mol. The highest BCUT2D eigenvalue weighted by atomic mass is 79.9. The first-order valence-electron chi connectivity index (χ1n) is 12.2. The van der Waals surface area contributed by atoms with Gasteiger partial charge in [0.15, 0.2) is 0 Å². The molecule has 4 heterocycles. The van der Waals surface area contributed by atoms with Crippen molar-refractivity contribution in [3.63, 3.8) is 0 Å². The minimum atomic E-state index is -0.424. The lowest BCUT2D eigenvalue weighted by molar-refractivity contribution is 0.0342. The molecule has 1 amide bonds. The minimum absolute atomic E-state index is 0. The lowest BCUT2D eigenvalue weighted by Gasteiger charge is -2.28.